The minimum absolute atomic E-state index is 0.416. The van der Waals surface area contributed by atoms with E-state index in [9.17, 15) is 0 Å². The molecule has 0 saturated carbocycles. The second-order valence-corrected chi connectivity index (χ2v) is 13.8. The highest BCUT2D eigenvalue weighted by Crippen LogP contribution is 2.63. The van der Waals surface area contributed by atoms with E-state index in [1.165, 1.54) is 92.2 Å². The quantitative estimate of drug-likeness (QED) is 0.178. The van der Waals surface area contributed by atoms with Gasteiger partial charge in [0.25, 0.3) is 0 Å². The Morgan fingerprint density at radius 1 is 0.383 bits per heavy atom. The molecular formula is C45H27NS. The Labute approximate surface area is 276 Å². The van der Waals surface area contributed by atoms with Crippen LogP contribution in [0.1, 0.15) is 22.3 Å². The van der Waals surface area contributed by atoms with Crippen molar-refractivity contribution in [2.24, 2.45) is 0 Å². The van der Waals surface area contributed by atoms with Gasteiger partial charge in [0.2, 0.25) is 0 Å². The van der Waals surface area contributed by atoms with Gasteiger partial charge in [-0.2, -0.15) is 0 Å². The summed E-state index contributed by atoms with van der Waals surface area (Å²) in [6.45, 7) is 0. The average molecular weight is 614 g/mol. The van der Waals surface area contributed by atoms with Gasteiger partial charge in [-0.1, -0.05) is 163 Å². The Hall–Kier alpha value is -5.57. The van der Waals surface area contributed by atoms with Crippen LogP contribution in [0.4, 0.5) is 0 Å². The summed E-state index contributed by atoms with van der Waals surface area (Å²) in [5.74, 6) is 0. The monoisotopic (exact) mass is 613 g/mol. The third kappa shape index (κ3) is 3.16. The first kappa shape index (κ1) is 25.6. The van der Waals surface area contributed by atoms with Crippen molar-refractivity contribution in [3.63, 3.8) is 0 Å². The van der Waals surface area contributed by atoms with Crippen molar-refractivity contribution in [2.75, 3.05) is 0 Å². The van der Waals surface area contributed by atoms with Gasteiger partial charge >= 0.3 is 0 Å². The standard InChI is InChI=1S/C45H27NS/c1-3-15-30-28(12-1)14-11-22-40(30)46-42-31-16-4-2-13-29(31)24-25-34(42)35-26-27-39-44(43(35)46)47-41-23-10-9-21-38(41)45(39)36-19-7-5-17-32(36)33-18-6-8-20-37(33)45/h1-27H. The normalized spacial score (nSPS) is 14.0. The summed E-state index contributed by atoms with van der Waals surface area (Å²) in [7, 11) is 0. The Morgan fingerprint density at radius 2 is 0.957 bits per heavy atom. The van der Waals surface area contributed by atoms with Crippen LogP contribution in [-0.2, 0) is 5.41 Å². The zero-order chi connectivity index (χ0) is 30.7. The maximum absolute atomic E-state index is 2.59. The molecule has 9 aromatic rings. The van der Waals surface area contributed by atoms with Gasteiger partial charge in [-0.05, 0) is 56.3 Å². The van der Waals surface area contributed by atoms with Crippen molar-refractivity contribution in [3.05, 3.63) is 186 Å². The lowest BCUT2D eigenvalue weighted by atomic mass is 9.67. The molecule has 0 atom stereocenters. The molecule has 0 unspecified atom stereocenters. The fraction of sp³-hybridized carbons (Fsp3) is 0.0222. The predicted octanol–water partition coefficient (Wildman–Crippen LogP) is 11.9. The highest BCUT2D eigenvalue weighted by atomic mass is 32.2. The predicted molar refractivity (Wildman–Crippen MR) is 197 cm³/mol. The van der Waals surface area contributed by atoms with E-state index < -0.39 is 5.41 Å². The number of aromatic nitrogens is 1. The molecule has 0 bridgehead atoms. The van der Waals surface area contributed by atoms with E-state index in [0.717, 1.165) is 0 Å². The zero-order valence-electron chi connectivity index (χ0n) is 25.4. The van der Waals surface area contributed by atoms with Gasteiger partial charge in [0.15, 0.2) is 0 Å². The molecule has 2 aliphatic rings. The van der Waals surface area contributed by atoms with Crippen LogP contribution in [-0.4, -0.2) is 4.57 Å². The van der Waals surface area contributed by atoms with E-state index in [2.05, 4.69) is 168 Å². The van der Waals surface area contributed by atoms with Crippen LogP contribution in [0.25, 0.3) is 60.2 Å². The number of hydrogen-bond donors (Lipinski definition) is 0. The van der Waals surface area contributed by atoms with Gasteiger partial charge in [-0.25, -0.2) is 0 Å². The molecule has 1 aliphatic carbocycles. The van der Waals surface area contributed by atoms with E-state index in [1.807, 2.05) is 11.8 Å². The summed E-state index contributed by atoms with van der Waals surface area (Å²) in [5, 5.41) is 7.61. The maximum Gasteiger partial charge on any atom is 0.0736 e. The molecule has 2 heterocycles. The molecule has 1 nitrogen and oxygen atoms in total. The third-order valence-electron chi connectivity index (χ3n) is 10.6. The van der Waals surface area contributed by atoms with Gasteiger partial charge in [0, 0.05) is 31.3 Å². The van der Waals surface area contributed by atoms with Crippen molar-refractivity contribution < 1.29 is 0 Å². The number of rotatable bonds is 1. The minimum Gasteiger partial charge on any atom is -0.307 e. The molecule has 0 fully saturated rings. The molecule has 0 amide bonds. The summed E-state index contributed by atoms with van der Waals surface area (Å²) in [5.41, 5.74) is 11.5. The van der Waals surface area contributed by atoms with Crippen molar-refractivity contribution in [1.82, 2.24) is 4.57 Å². The molecule has 0 radical (unpaired) electrons. The fourth-order valence-corrected chi connectivity index (χ4v) is 10.1. The third-order valence-corrected chi connectivity index (χ3v) is 11.8. The first-order valence-electron chi connectivity index (χ1n) is 16.3. The maximum atomic E-state index is 2.59. The molecule has 1 spiro atoms. The number of hydrogen-bond acceptors (Lipinski definition) is 1. The SMILES string of the molecule is c1ccc2c(c1)Sc1c(ccc3c4ccc5ccccc5c4n(-c4cccc5ccccc45)c13)C21c2ccccc2-c2ccccc21. The van der Waals surface area contributed by atoms with Gasteiger partial charge in [0.05, 0.1) is 22.1 Å². The largest absolute Gasteiger partial charge is 0.307 e. The summed E-state index contributed by atoms with van der Waals surface area (Å²) >= 11 is 1.94. The number of benzene rings is 8. The van der Waals surface area contributed by atoms with Crippen molar-refractivity contribution >= 4 is 55.1 Å². The molecule has 11 rings (SSSR count). The van der Waals surface area contributed by atoms with Crippen molar-refractivity contribution in [2.45, 2.75) is 15.2 Å². The van der Waals surface area contributed by atoms with Gasteiger partial charge in [-0.15, -0.1) is 0 Å². The van der Waals surface area contributed by atoms with Crippen LogP contribution in [0.15, 0.2) is 174 Å². The van der Waals surface area contributed by atoms with Crippen molar-refractivity contribution in [1.29, 1.82) is 0 Å². The van der Waals surface area contributed by atoms with E-state index in [1.54, 1.807) is 0 Å². The average Bonchev–Trinajstić information content (AvgIpc) is 3.63. The second kappa shape index (κ2) is 9.25. The number of fused-ring (bicyclic) bond motifs is 16. The van der Waals surface area contributed by atoms with Crippen molar-refractivity contribution in [3.8, 4) is 16.8 Å². The molecule has 218 valence electrons. The van der Waals surface area contributed by atoms with Crippen LogP contribution in [0.5, 0.6) is 0 Å². The first-order chi connectivity index (χ1) is 23.3. The molecule has 47 heavy (non-hydrogen) atoms. The Morgan fingerprint density at radius 3 is 1.74 bits per heavy atom. The summed E-state index contributed by atoms with van der Waals surface area (Å²) < 4.78 is 2.59. The van der Waals surface area contributed by atoms with E-state index in [4.69, 9.17) is 0 Å². The first-order valence-corrected chi connectivity index (χ1v) is 17.1. The van der Waals surface area contributed by atoms with Crippen LogP contribution in [0.3, 0.4) is 0 Å². The molecule has 0 N–H and O–H groups in total. The summed E-state index contributed by atoms with van der Waals surface area (Å²) in [4.78, 5) is 2.65. The van der Waals surface area contributed by atoms with Gasteiger partial charge < -0.3 is 4.57 Å². The molecule has 2 heteroatoms. The lowest BCUT2D eigenvalue weighted by Crippen LogP contribution is -2.32. The Balaban J connectivity index is 1.39. The highest BCUT2D eigenvalue weighted by Gasteiger charge is 2.50. The highest BCUT2D eigenvalue weighted by molar-refractivity contribution is 7.99. The molecule has 1 aliphatic heterocycles. The molecule has 1 aromatic heterocycles. The Kier molecular flexibility index (Phi) is 5.04. The van der Waals surface area contributed by atoms with E-state index in [-0.39, 0.29) is 0 Å². The van der Waals surface area contributed by atoms with Crippen LogP contribution in [0, 0.1) is 0 Å². The number of nitrogens with zero attached hydrogens (tertiary/aromatic N) is 1. The lowest BCUT2D eigenvalue weighted by Gasteiger charge is -2.40. The van der Waals surface area contributed by atoms with E-state index >= 15 is 0 Å². The van der Waals surface area contributed by atoms with Gasteiger partial charge in [0.1, 0.15) is 0 Å². The minimum atomic E-state index is -0.416. The van der Waals surface area contributed by atoms with Crippen LogP contribution >= 0.6 is 11.8 Å². The summed E-state index contributed by atoms with van der Waals surface area (Å²) in [6.07, 6.45) is 0. The molecule has 8 aromatic carbocycles. The smallest absolute Gasteiger partial charge is 0.0736 e. The second-order valence-electron chi connectivity index (χ2n) is 12.8. The van der Waals surface area contributed by atoms with Crippen LogP contribution in [0.2, 0.25) is 0 Å². The molecule has 0 saturated heterocycles. The summed E-state index contributed by atoms with van der Waals surface area (Å²) in [6, 6.07) is 61.1. The lowest BCUT2D eigenvalue weighted by molar-refractivity contribution is 0.724. The fourth-order valence-electron chi connectivity index (χ4n) is 8.81. The van der Waals surface area contributed by atoms with Crippen LogP contribution < -0.4 is 0 Å². The topological polar surface area (TPSA) is 4.93 Å². The van der Waals surface area contributed by atoms with Gasteiger partial charge in [-0.3, -0.25) is 0 Å². The Bertz CT molecular complexity index is 2730. The van der Waals surface area contributed by atoms with E-state index in [0.29, 0.717) is 0 Å². The molecular weight excluding hydrogens is 587 g/mol. The zero-order valence-corrected chi connectivity index (χ0v) is 26.3.